The Labute approximate surface area is 240 Å². The van der Waals surface area contributed by atoms with E-state index in [9.17, 15) is 22.4 Å². The summed E-state index contributed by atoms with van der Waals surface area (Å²) < 4.78 is 39.8. The van der Waals surface area contributed by atoms with Crippen LogP contribution < -0.4 is 5.32 Å². The van der Waals surface area contributed by atoms with Crippen LogP contribution in [0.4, 0.5) is 4.39 Å². The molecule has 5 rings (SSSR count). The number of benzene rings is 1. The van der Waals surface area contributed by atoms with Crippen molar-refractivity contribution in [2.75, 3.05) is 32.7 Å². The molecule has 1 saturated heterocycles. The molecule has 1 aliphatic carbocycles. The Morgan fingerprint density at radius 1 is 1.15 bits per heavy atom. The van der Waals surface area contributed by atoms with E-state index in [0.717, 1.165) is 43.7 Å². The minimum atomic E-state index is -3.62. The van der Waals surface area contributed by atoms with Gasteiger partial charge in [0.2, 0.25) is 0 Å². The lowest BCUT2D eigenvalue weighted by molar-refractivity contribution is -0.115. The molecule has 1 atom stereocenters. The molecule has 1 unspecified atom stereocenters. The van der Waals surface area contributed by atoms with Gasteiger partial charge < -0.3 is 20.1 Å². The third kappa shape index (κ3) is 5.94. The van der Waals surface area contributed by atoms with E-state index < -0.39 is 20.9 Å². The fourth-order valence-corrected chi connectivity index (χ4v) is 7.44. The molecule has 3 aliphatic rings. The standard InChI is InChI=1S/C31H37FN4O4S/c1-4-35(5-2)15-16-36-14-6-7-27-29(31(36)38)20(3)28(33-27)18-25-24-17-23(12-13-26(24)34-30(25)37)41(39,40)19-21-8-10-22(32)11-9-21/h8-11,13,17-18,23,33H,4-7,12,14-16,19H2,1-3H3,(H,34,37)/b25-18-. The average Bonchev–Trinajstić information content (AvgIpc) is 3.37. The second-order valence-corrected chi connectivity index (χ2v) is 13.1. The molecular formula is C31H37FN4O4S. The number of carbonyl (C=O) groups is 2. The van der Waals surface area contributed by atoms with Gasteiger partial charge in [0.05, 0.1) is 22.1 Å². The largest absolute Gasteiger partial charge is 0.358 e. The van der Waals surface area contributed by atoms with Crippen LogP contribution in [0.1, 0.15) is 59.6 Å². The number of amides is 2. The zero-order valence-electron chi connectivity index (χ0n) is 23.8. The Morgan fingerprint density at radius 3 is 2.59 bits per heavy atom. The Balaban J connectivity index is 1.42. The van der Waals surface area contributed by atoms with E-state index in [-0.39, 0.29) is 24.0 Å². The van der Waals surface area contributed by atoms with E-state index in [1.54, 1.807) is 18.2 Å². The molecule has 10 heteroatoms. The number of aromatic amines is 1. The molecule has 0 saturated carbocycles. The van der Waals surface area contributed by atoms with Gasteiger partial charge in [0.1, 0.15) is 5.82 Å². The molecule has 2 aliphatic heterocycles. The maximum Gasteiger partial charge on any atom is 0.256 e. The number of hydrogen-bond donors (Lipinski definition) is 2. The van der Waals surface area contributed by atoms with Crippen LogP contribution in [-0.2, 0) is 26.8 Å². The maximum absolute atomic E-state index is 13.6. The molecule has 0 radical (unpaired) electrons. The zero-order valence-corrected chi connectivity index (χ0v) is 24.6. The van der Waals surface area contributed by atoms with Crippen LogP contribution in [0.3, 0.4) is 0 Å². The average molecular weight is 581 g/mol. The van der Waals surface area contributed by atoms with Crippen LogP contribution in [0.2, 0.25) is 0 Å². The van der Waals surface area contributed by atoms with Gasteiger partial charge in [0.25, 0.3) is 11.8 Å². The lowest BCUT2D eigenvalue weighted by Crippen LogP contribution is -2.38. The van der Waals surface area contributed by atoms with Gasteiger partial charge in [-0.2, -0.15) is 0 Å². The number of H-pyrrole nitrogens is 1. The van der Waals surface area contributed by atoms with Crippen LogP contribution in [0.25, 0.3) is 6.08 Å². The topological polar surface area (TPSA) is 103 Å². The molecule has 0 spiro atoms. The summed E-state index contributed by atoms with van der Waals surface area (Å²) in [4.78, 5) is 34.2. The van der Waals surface area contributed by atoms with Crippen molar-refractivity contribution in [1.29, 1.82) is 0 Å². The fourth-order valence-electron chi connectivity index (χ4n) is 5.83. The number of likely N-dealkylation sites (N-methyl/N-ethyl adjacent to an activating group) is 1. The lowest BCUT2D eigenvalue weighted by atomic mass is 9.98. The summed E-state index contributed by atoms with van der Waals surface area (Å²) in [6, 6.07) is 5.44. The zero-order chi connectivity index (χ0) is 29.3. The molecule has 1 aromatic carbocycles. The summed E-state index contributed by atoms with van der Waals surface area (Å²) in [6.07, 6.45) is 6.93. The van der Waals surface area contributed by atoms with Crippen molar-refractivity contribution in [2.45, 2.75) is 51.0 Å². The van der Waals surface area contributed by atoms with Crippen molar-refractivity contribution in [2.24, 2.45) is 0 Å². The number of halogens is 1. The minimum absolute atomic E-state index is 0.00310. The minimum Gasteiger partial charge on any atom is -0.358 e. The Morgan fingerprint density at radius 2 is 1.88 bits per heavy atom. The van der Waals surface area contributed by atoms with Gasteiger partial charge in [-0.05, 0) is 68.6 Å². The second-order valence-electron chi connectivity index (χ2n) is 10.9. The molecule has 2 amide bonds. The third-order valence-corrected chi connectivity index (χ3v) is 10.3. The molecule has 1 aromatic heterocycles. The molecule has 8 nitrogen and oxygen atoms in total. The molecule has 1 fully saturated rings. The van der Waals surface area contributed by atoms with Crippen molar-refractivity contribution >= 4 is 27.7 Å². The summed E-state index contributed by atoms with van der Waals surface area (Å²) in [7, 11) is -3.62. The van der Waals surface area contributed by atoms with Gasteiger partial charge >= 0.3 is 0 Å². The van der Waals surface area contributed by atoms with Crippen molar-refractivity contribution < 1.29 is 22.4 Å². The van der Waals surface area contributed by atoms with Crippen LogP contribution in [0.5, 0.6) is 0 Å². The van der Waals surface area contributed by atoms with Gasteiger partial charge in [0.15, 0.2) is 9.84 Å². The number of allylic oxidation sites excluding steroid dienone is 2. The highest BCUT2D eigenvalue weighted by Gasteiger charge is 2.35. The SMILES string of the molecule is CCN(CC)CCN1CCCc2[nH]c(/C=C3\C(=O)NC4=CCC(S(=O)(=O)Cc5ccc(F)cc5)C=C43)c(C)c2C1=O. The number of hydrogen-bond acceptors (Lipinski definition) is 5. The van der Waals surface area contributed by atoms with E-state index in [0.29, 0.717) is 46.8 Å². The summed E-state index contributed by atoms with van der Waals surface area (Å²) >= 11 is 0. The molecule has 3 heterocycles. The second kappa shape index (κ2) is 11.8. The van der Waals surface area contributed by atoms with Crippen molar-refractivity contribution in [3.05, 3.63) is 87.2 Å². The number of fused-ring (bicyclic) bond motifs is 2. The lowest BCUT2D eigenvalue weighted by Gasteiger charge is -2.25. The Kier molecular flexibility index (Phi) is 8.33. The van der Waals surface area contributed by atoms with Crippen molar-refractivity contribution in [3.8, 4) is 0 Å². The highest BCUT2D eigenvalue weighted by atomic mass is 32.2. The molecule has 218 valence electrons. The van der Waals surface area contributed by atoms with Crippen LogP contribution >= 0.6 is 0 Å². The molecule has 2 aromatic rings. The summed E-state index contributed by atoms with van der Waals surface area (Å²) in [5, 5.41) is 2.04. The first-order chi connectivity index (χ1) is 19.6. The van der Waals surface area contributed by atoms with E-state index >= 15 is 0 Å². The third-order valence-electron chi connectivity index (χ3n) is 8.31. The van der Waals surface area contributed by atoms with E-state index in [1.165, 1.54) is 24.3 Å². The van der Waals surface area contributed by atoms with E-state index in [1.807, 2.05) is 11.8 Å². The summed E-state index contributed by atoms with van der Waals surface area (Å²) in [5.74, 6) is -0.950. The number of sulfone groups is 1. The molecule has 41 heavy (non-hydrogen) atoms. The van der Waals surface area contributed by atoms with Crippen molar-refractivity contribution in [1.82, 2.24) is 20.1 Å². The van der Waals surface area contributed by atoms with Gasteiger partial charge in [-0.25, -0.2) is 12.8 Å². The number of nitrogens with one attached hydrogen (secondary N) is 2. The monoisotopic (exact) mass is 580 g/mol. The van der Waals surface area contributed by atoms with Gasteiger partial charge in [-0.1, -0.05) is 38.1 Å². The quantitative estimate of drug-likeness (QED) is 0.438. The van der Waals surface area contributed by atoms with Gasteiger partial charge in [0, 0.05) is 42.3 Å². The predicted molar refractivity (Wildman–Crippen MR) is 157 cm³/mol. The van der Waals surface area contributed by atoms with Crippen LogP contribution in [0, 0.1) is 12.7 Å². The molecule has 2 N–H and O–H groups in total. The normalized spacial score (nSPS) is 20.1. The number of aryl methyl sites for hydroxylation is 1. The van der Waals surface area contributed by atoms with Crippen molar-refractivity contribution in [3.63, 3.8) is 0 Å². The molecular weight excluding hydrogens is 543 g/mol. The number of nitrogens with zero attached hydrogens (tertiary/aromatic N) is 2. The Bertz CT molecular complexity index is 1550. The first-order valence-corrected chi connectivity index (χ1v) is 16.0. The highest BCUT2D eigenvalue weighted by Crippen LogP contribution is 2.35. The smallest absolute Gasteiger partial charge is 0.256 e. The van der Waals surface area contributed by atoms with Crippen LogP contribution in [0.15, 0.2) is 53.3 Å². The Hall–Kier alpha value is -3.50. The maximum atomic E-state index is 13.6. The highest BCUT2D eigenvalue weighted by molar-refractivity contribution is 7.91. The molecule has 0 bridgehead atoms. The fraction of sp³-hybridized carbons (Fsp3) is 0.419. The van der Waals surface area contributed by atoms with Gasteiger partial charge in [-0.15, -0.1) is 0 Å². The number of aromatic nitrogens is 1. The van der Waals surface area contributed by atoms with Crippen LogP contribution in [-0.4, -0.2) is 73.0 Å². The number of carbonyl (C=O) groups excluding carboxylic acids is 2. The summed E-state index contributed by atoms with van der Waals surface area (Å²) in [6.45, 7) is 10.2. The number of rotatable bonds is 9. The predicted octanol–water partition coefficient (Wildman–Crippen LogP) is 3.90. The van der Waals surface area contributed by atoms with E-state index in [2.05, 4.69) is 29.0 Å². The summed E-state index contributed by atoms with van der Waals surface area (Å²) in [5.41, 5.74) is 5.02. The van der Waals surface area contributed by atoms with Gasteiger partial charge in [-0.3, -0.25) is 9.59 Å². The first kappa shape index (κ1) is 29.0. The van der Waals surface area contributed by atoms with E-state index in [4.69, 9.17) is 0 Å². The first-order valence-electron chi connectivity index (χ1n) is 14.3.